The normalized spacial score (nSPS) is 22.0. The number of hydrogen-bond donors (Lipinski definition) is 1. The van der Waals surface area contributed by atoms with Gasteiger partial charge in [-0.15, -0.1) is 0 Å². The lowest BCUT2D eigenvalue weighted by Gasteiger charge is -2.41. The van der Waals surface area contributed by atoms with E-state index in [2.05, 4.69) is 10.3 Å². The molecule has 0 saturated carbocycles. The molecule has 1 aromatic rings. The zero-order valence-electron chi connectivity index (χ0n) is 14.0. The van der Waals surface area contributed by atoms with Crippen molar-refractivity contribution in [2.45, 2.75) is 18.9 Å². The third-order valence-corrected chi connectivity index (χ3v) is 4.21. The van der Waals surface area contributed by atoms with Gasteiger partial charge in [0.15, 0.2) is 0 Å². The maximum atomic E-state index is 12.9. The van der Waals surface area contributed by atoms with Crippen LogP contribution >= 0.6 is 0 Å². The Bertz CT molecular complexity index is 779. The van der Waals surface area contributed by atoms with Crippen molar-refractivity contribution in [2.24, 2.45) is 4.99 Å². The molecule has 2 aliphatic heterocycles. The van der Waals surface area contributed by atoms with Crippen molar-refractivity contribution in [1.29, 1.82) is 0 Å². The molecule has 0 spiro atoms. The summed E-state index contributed by atoms with van der Waals surface area (Å²) in [5, 5.41) is 2.93. The van der Waals surface area contributed by atoms with E-state index in [4.69, 9.17) is 0 Å². The number of carbonyl (C=O) groups excluding carboxylic acids is 2. The summed E-state index contributed by atoms with van der Waals surface area (Å²) in [5.41, 5.74) is 0.671. The lowest BCUT2D eigenvalue weighted by Crippen LogP contribution is -2.58. The molecule has 2 heterocycles. The minimum atomic E-state index is -1.01. The number of benzene rings is 1. The van der Waals surface area contributed by atoms with E-state index in [1.54, 1.807) is 30.2 Å². The predicted molar refractivity (Wildman–Crippen MR) is 95.0 cm³/mol. The molecule has 1 aromatic carbocycles. The van der Waals surface area contributed by atoms with E-state index in [-0.39, 0.29) is 18.2 Å². The van der Waals surface area contributed by atoms with Gasteiger partial charge in [-0.1, -0.05) is 12.1 Å². The third kappa shape index (κ3) is 2.82. The molecule has 1 unspecified atom stereocenters. The highest BCUT2D eigenvalue weighted by Crippen LogP contribution is 2.29. The first-order chi connectivity index (χ1) is 11.4. The maximum absolute atomic E-state index is 12.9. The van der Waals surface area contributed by atoms with Gasteiger partial charge in [-0.25, -0.2) is 0 Å². The van der Waals surface area contributed by atoms with E-state index in [0.29, 0.717) is 11.5 Å². The summed E-state index contributed by atoms with van der Waals surface area (Å²) in [6.07, 6.45) is 7.17. The molecule has 0 aromatic heterocycles. The van der Waals surface area contributed by atoms with Crippen molar-refractivity contribution in [2.75, 3.05) is 24.3 Å². The van der Waals surface area contributed by atoms with Crippen LogP contribution in [0.3, 0.4) is 0 Å². The van der Waals surface area contributed by atoms with Crippen LogP contribution in [0, 0.1) is 0 Å². The molecule has 6 nitrogen and oxygen atoms in total. The number of anilines is 2. The average molecular weight is 324 g/mol. The summed E-state index contributed by atoms with van der Waals surface area (Å²) in [4.78, 5) is 32.6. The standard InChI is InChI=1S/C18H20N4O2/c1-18(12-16(23)20-15-9-4-5-10-22(15)18)17(24)19-13-7-6-8-14(11-13)21(2)3/h4-11H,12H2,1-3H3,(H,19,24). The van der Waals surface area contributed by atoms with Crippen molar-refractivity contribution in [3.63, 3.8) is 0 Å². The Balaban J connectivity index is 1.87. The van der Waals surface area contributed by atoms with Gasteiger partial charge in [0.1, 0.15) is 11.4 Å². The first-order valence-electron chi connectivity index (χ1n) is 7.75. The largest absolute Gasteiger partial charge is 0.378 e. The van der Waals surface area contributed by atoms with Crippen molar-refractivity contribution in [3.8, 4) is 0 Å². The van der Waals surface area contributed by atoms with Crippen LogP contribution < -0.4 is 10.2 Å². The van der Waals surface area contributed by atoms with Gasteiger partial charge in [0.2, 0.25) is 0 Å². The topological polar surface area (TPSA) is 65.0 Å². The van der Waals surface area contributed by atoms with Gasteiger partial charge in [0.05, 0.1) is 6.42 Å². The van der Waals surface area contributed by atoms with Crippen LogP contribution in [0.2, 0.25) is 0 Å². The van der Waals surface area contributed by atoms with E-state index >= 15 is 0 Å². The van der Waals surface area contributed by atoms with Gasteiger partial charge in [-0.05, 0) is 37.3 Å². The van der Waals surface area contributed by atoms with E-state index in [1.807, 2.05) is 49.3 Å². The van der Waals surface area contributed by atoms with Crippen LogP contribution in [0.5, 0.6) is 0 Å². The van der Waals surface area contributed by atoms with E-state index in [9.17, 15) is 9.59 Å². The summed E-state index contributed by atoms with van der Waals surface area (Å²) in [7, 11) is 3.88. The fraction of sp³-hybridized carbons (Fsp3) is 0.278. The molecular weight excluding hydrogens is 304 g/mol. The monoisotopic (exact) mass is 324 g/mol. The van der Waals surface area contributed by atoms with Crippen molar-refractivity contribution in [1.82, 2.24) is 4.90 Å². The van der Waals surface area contributed by atoms with Gasteiger partial charge in [-0.2, -0.15) is 4.99 Å². The Hall–Kier alpha value is -2.89. The van der Waals surface area contributed by atoms with Crippen molar-refractivity contribution < 1.29 is 9.59 Å². The Morgan fingerprint density at radius 2 is 2.12 bits per heavy atom. The number of aliphatic imine (C=N–C) groups is 1. The smallest absolute Gasteiger partial charge is 0.250 e. The maximum Gasteiger partial charge on any atom is 0.250 e. The second kappa shape index (κ2) is 5.96. The molecule has 2 aliphatic rings. The number of nitrogens with zero attached hydrogens (tertiary/aromatic N) is 3. The van der Waals surface area contributed by atoms with Gasteiger partial charge < -0.3 is 15.1 Å². The number of fused-ring (bicyclic) bond motifs is 1. The molecule has 0 fully saturated rings. The Morgan fingerprint density at radius 3 is 2.88 bits per heavy atom. The van der Waals surface area contributed by atoms with Crippen LogP contribution in [-0.2, 0) is 9.59 Å². The number of amidine groups is 1. The summed E-state index contributed by atoms with van der Waals surface area (Å²) in [5.74, 6) is -0.0339. The number of rotatable bonds is 3. The van der Waals surface area contributed by atoms with E-state index in [0.717, 1.165) is 5.69 Å². The molecule has 1 N–H and O–H groups in total. The van der Waals surface area contributed by atoms with Gasteiger partial charge >= 0.3 is 0 Å². The van der Waals surface area contributed by atoms with Crippen LogP contribution in [0.4, 0.5) is 11.4 Å². The van der Waals surface area contributed by atoms with Crippen molar-refractivity contribution >= 4 is 29.0 Å². The predicted octanol–water partition coefficient (Wildman–Crippen LogP) is 2.16. The number of amides is 2. The van der Waals surface area contributed by atoms with Gasteiger partial charge in [0.25, 0.3) is 11.8 Å². The molecule has 24 heavy (non-hydrogen) atoms. The molecule has 3 rings (SSSR count). The lowest BCUT2D eigenvalue weighted by atomic mass is 9.91. The molecule has 0 saturated heterocycles. The summed E-state index contributed by atoms with van der Waals surface area (Å²) in [6, 6.07) is 7.58. The Kier molecular flexibility index (Phi) is 3.97. The first-order valence-corrected chi connectivity index (χ1v) is 7.75. The number of hydrogen-bond acceptors (Lipinski definition) is 4. The highest BCUT2D eigenvalue weighted by molar-refractivity contribution is 6.11. The number of carbonyl (C=O) groups is 2. The second-order valence-corrected chi connectivity index (χ2v) is 6.28. The highest BCUT2D eigenvalue weighted by Gasteiger charge is 2.45. The molecule has 0 radical (unpaired) electrons. The van der Waals surface area contributed by atoms with Gasteiger partial charge in [0, 0.05) is 31.7 Å². The van der Waals surface area contributed by atoms with Crippen molar-refractivity contribution in [3.05, 3.63) is 48.7 Å². The molecule has 124 valence electrons. The van der Waals surface area contributed by atoms with Crippen LogP contribution in [-0.4, -0.2) is 42.2 Å². The summed E-state index contributed by atoms with van der Waals surface area (Å²) < 4.78 is 0. The fourth-order valence-corrected chi connectivity index (χ4v) is 2.81. The Labute approximate surface area is 141 Å². The SMILES string of the molecule is CN(C)c1cccc(NC(=O)C2(C)CC(=O)N=C3C=CC=CN32)c1. The second-order valence-electron chi connectivity index (χ2n) is 6.28. The highest BCUT2D eigenvalue weighted by atomic mass is 16.2. The molecule has 0 aliphatic carbocycles. The average Bonchev–Trinajstić information content (AvgIpc) is 2.55. The van der Waals surface area contributed by atoms with Crippen LogP contribution in [0.1, 0.15) is 13.3 Å². The molecule has 6 heteroatoms. The summed E-state index contributed by atoms with van der Waals surface area (Å²) >= 11 is 0. The van der Waals surface area contributed by atoms with E-state index in [1.165, 1.54) is 0 Å². The number of nitrogens with one attached hydrogen (secondary N) is 1. The fourth-order valence-electron chi connectivity index (χ4n) is 2.81. The first kappa shape index (κ1) is 16.0. The zero-order chi connectivity index (χ0) is 17.3. The lowest BCUT2D eigenvalue weighted by molar-refractivity contribution is -0.130. The molecule has 2 amide bonds. The van der Waals surface area contributed by atoms with Crippen LogP contribution in [0.15, 0.2) is 53.7 Å². The zero-order valence-corrected chi connectivity index (χ0v) is 14.0. The Morgan fingerprint density at radius 1 is 1.33 bits per heavy atom. The molecule has 0 bridgehead atoms. The minimum Gasteiger partial charge on any atom is -0.378 e. The van der Waals surface area contributed by atoms with E-state index < -0.39 is 5.54 Å². The minimum absolute atomic E-state index is 0.0356. The van der Waals surface area contributed by atoms with Gasteiger partial charge in [-0.3, -0.25) is 9.59 Å². The van der Waals surface area contributed by atoms with Crippen LogP contribution in [0.25, 0.3) is 0 Å². The summed E-state index contributed by atoms with van der Waals surface area (Å²) in [6.45, 7) is 1.76. The molecule has 1 atom stereocenters. The molecular formula is C18H20N4O2. The third-order valence-electron chi connectivity index (χ3n) is 4.21. The quantitative estimate of drug-likeness (QED) is 0.925. The number of allylic oxidation sites excluding steroid dienone is 2.